The molecule has 8 heteroatoms. The summed E-state index contributed by atoms with van der Waals surface area (Å²) >= 11 is 0. The van der Waals surface area contributed by atoms with E-state index in [0.717, 1.165) is 45.3 Å². The van der Waals surface area contributed by atoms with Crippen LogP contribution in [0.4, 0.5) is 0 Å². The normalized spacial score (nSPS) is 17.8. The van der Waals surface area contributed by atoms with E-state index in [1.807, 2.05) is 11.9 Å². The number of unbranched alkanes of at least 4 members (excludes halogenated alkanes) is 12. The number of hydrogen-bond donors (Lipinski definition) is 2. The van der Waals surface area contributed by atoms with Gasteiger partial charge < -0.3 is 19.8 Å². The maximum absolute atomic E-state index is 12.3. The minimum atomic E-state index is -3.98. The largest absolute Gasteiger partial charge is 0.454 e. The second-order valence-corrected chi connectivity index (χ2v) is 9.89. The summed E-state index contributed by atoms with van der Waals surface area (Å²) in [5, 5.41) is 8.77. The van der Waals surface area contributed by atoms with Crippen molar-refractivity contribution in [2.24, 2.45) is 4.76 Å². The summed E-state index contributed by atoms with van der Waals surface area (Å²) in [7, 11) is -2.07. The van der Waals surface area contributed by atoms with Crippen LogP contribution in [0, 0.1) is 0 Å². The van der Waals surface area contributed by atoms with Gasteiger partial charge in [0.1, 0.15) is 0 Å². The van der Waals surface area contributed by atoms with E-state index >= 15 is 0 Å². The second kappa shape index (κ2) is 17.0. The summed E-state index contributed by atoms with van der Waals surface area (Å²) in [6.07, 6.45) is 16.2. The maximum atomic E-state index is 12.3. The van der Waals surface area contributed by atoms with Crippen molar-refractivity contribution in [1.82, 2.24) is 9.80 Å². The first-order valence-corrected chi connectivity index (χ1v) is 13.7. The van der Waals surface area contributed by atoms with Crippen LogP contribution >= 0.6 is 7.75 Å². The molecule has 0 aromatic carbocycles. The van der Waals surface area contributed by atoms with Gasteiger partial charge in [-0.1, -0.05) is 77.6 Å². The SMILES string of the molecule is CCCCCCCCCCCCN1CCN(C)C1=NP(=O)(O)OCCCCCCO. The van der Waals surface area contributed by atoms with Gasteiger partial charge in [0, 0.05) is 33.3 Å². The van der Waals surface area contributed by atoms with Gasteiger partial charge in [-0.3, -0.25) is 4.52 Å². The Morgan fingerprint density at radius 1 is 0.900 bits per heavy atom. The van der Waals surface area contributed by atoms with Crippen LogP contribution in [0.25, 0.3) is 0 Å². The molecule has 30 heavy (non-hydrogen) atoms. The average molecular weight is 448 g/mol. The number of aliphatic hydroxyl groups excluding tert-OH is 1. The van der Waals surface area contributed by atoms with E-state index in [1.165, 1.54) is 57.8 Å². The van der Waals surface area contributed by atoms with Gasteiger partial charge in [-0.25, -0.2) is 4.57 Å². The number of likely N-dealkylation sites (N-methyl/N-ethyl adjacent to an activating group) is 1. The summed E-state index contributed by atoms with van der Waals surface area (Å²) in [5.41, 5.74) is 0. The quantitative estimate of drug-likeness (QED) is 0.210. The molecular formula is C22H46N3O4P. The molecule has 1 atom stereocenters. The molecule has 1 heterocycles. The number of rotatable bonds is 19. The molecule has 0 radical (unpaired) electrons. The minimum absolute atomic E-state index is 0.189. The molecule has 0 aliphatic carbocycles. The first-order valence-electron chi connectivity index (χ1n) is 12.1. The maximum Gasteiger partial charge on any atom is 0.454 e. The van der Waals surface area contributed by atoms with Crippen molar-refractivity contribution in [2.75, 3.05) is 39.9 Å². The lowest BCUT2D eigenvalue weighted by Crippen LogP contribution is -2.32. The highest BCUT2D eigenvalue weighted by Crippen LogP contribution is 2.44. The van der Waals surface area contributed by atoms with Crippen molar-refractivity contribution < 1.29 is 19.1 Å². The molecule has 1 fully saturated rings. The third kappa shape index (κ3) is 12.9. The Hall–Kier alpha value is -0.620. The molecular weight excluding hydrogens is 401 g/mol. The van der Waals surface area contributed by atoms with Crippen LogP contribution in [0.15, 0.2) is 4.76 Å². The molecule has 0 saturated carbocycles. The monoisotopic (exact) mass is 447 g/mol. The Balaban J connectivity index is 2.25. The lowest BCUT2D eigenvalue weighted by atomic mass is 10.1. The van der Waals surface area contributed by atoms with Crippen molar-refractivity contribution in [3.63, 3.8) is 0 Å². The first-order chi connectivity index (χ1) is 14.5. The van der Waals surface area contributed by atoms with Crippen LogP contribution in [0.2, 0.25) is 0 Å². The smallest absolute Gasteiger partial charge is 0.396 e. The topological polar surface area (TPSA) is 85.6 Å². The highest BCUT2D eigenvalue weighted by molar-refractivity contribution is 7.51. The van der Waals surface area contributed by atoms with Gasteiger partial charge in [-0.05, 0) is 19.3 Å². The van der Waals surface area contributed by atoms with E-state index in [9.17, 15) is 9.46 Å². The average Bonchev–Trinajstić information content (AvgIpc) is 3.05. The fourth-order valence-electron chi connectivity index (χ4n) is 3.75. The Morgan fingerprint density at radius 2 is 1.47 bits per heavy atom. The highest BCUT2D eigenvalue weighted by Gasteiger charge is 2.28. The number of nitrogens with zero attached hydrogens (tertiary/aromatic N) is 3. The van der Waals surface area contributed by atoms with Crippen LogP contribution in [0.5, 0.6) is 0 Å². The number of aliphatic hydroxyl groups is 1. The van der Waals surface area contributed by atoms with Crippen LogP contribution in [-0.4, -0.2) is 65.7 Å². The van der Waals surface area contributed by atoms with E-state index in [2.05, 4.69) is 16.6 Å². The van der Waals surface area contributed by atoms with Crippen molar-refractivity contribution >= 4 is 13.7 Å². The number of guanidine groups is 1. The lowest BCUT2D eigenvalue weighted by Gasteiger charge is -2.21. The van der Waals surface area contributed by atoms with Gasteiger partial charge in [-0.2, -0.15) is 0 Å². The van der Waals surface area contributed by atoms with Crippen molar-refractivity contribution in [3.05, 3.63) is 0 Å². The van der Waals surface area contributed by atoms with E-state index < -0.39 is 7.75 Å². The van der Waals surface area contributed by atoms with E-state index in [-0.39, 0.29) is 13.2 Å². The highest BCUT2D eigenvalue weighted by atomic mass is 31.2. The summed E-state index contributed by atoms with van der Waals surface area (Å²) in [5.74, 6) is 0.581. The van der Waals surface area contributed by atoms with Crippen molar-refractivity contribution in [2.45, 2.75) is 96.8 Å². The molecule has 178 valence electrons. The minimum Gasteiger partial charge on any atom is -0.396 e. The molecule has 0 aromatic rings. The molecule has 0 amide bonds. The molecule has 2 N–H and O–H groups in total. The van der Waals surface area contributed by atoms with Gasteiger partial charge >= 0.3 is 7.75 Å². The first kappa shape index (κ1) is 27.4. The van der Waals surface area contributed by atoms with Gasteiger partial charge in [0.15, 0.2) is 0 Å². The molecule has 7 nitrogen and oxygen atoms in total. The Kier molecular flexibility index (Phi) is 15.5. The molecule has 1 aliphatic rings. The molecule has 1 rings (SSSR count). The number of hydrogen-bond acceptors (Lipinski definition) is 3. The predicted molar refractivity (Wildman–Crippen MR) is 125 cm³/mol. The van der Waals surface area contributed by atoms with E-state index in [4.69, 9.17) is 9.63 Å². The second-order valence-electron chi connectivity index (χ2n) is 8.45. The fraction of sp³-hybridized carbons (Fsp3) is 0.955. The summed E-state index contributed by atoms with van der Waals surface area (Å²) in [6.45, 7) is 5.20. The van der Waals surface area contributed by atoms with Gasteiger partial charge in [0.25, 0.3) is 0 Å². The Labute approximate surface area is 184 Å². The molecule has 1 saturated heterocycles. The molecule has 1 unspecified atom stereocenters. The fourth-order valence-corrected chi connectivity index (χ4v) is 4.68. The Morgan fingerprint density at radius 3 is 2.10 bits per heavy atom. The molecule has 0 aromatic heterocycles. The van der Waals surface area contributed by atoms with Gasteiger partial charge in [0.05, 0.1) is 6.61 Å². The van der Waals surface area contributed by atoms with E-state index in [1.54, 1.807) is 0 Å². The third-order valence-corrected chi connectivity index (χ3v) is 6.59. The van der Waals surface area contributed by atoms with E-state index in [0.29, 0.717) is 12.4 Å². The van der Waals surface area contributed by atoms with Crippen molar-refractivity contribution in [1.29, 1.82) is 0 Å². The van der Waals surface area contributed by atoms with Crippen LogP contribution in [0.1, 0.15) is 96.8 Å². The predicted octanol–water partition coefficient (Wildman–Crippen LogP) is 5.18. The third-order valence-electron chi connectivity index (χ3n) is 5.64. The van der Waals surface area contributed by atoms with Crippen LogP contribution < -0.4 is 0 Å². The van der Waals surface area contributed by atoms with Crippen LogP contribution in [-0.2, 0) is 9.09 Å². The summed E-state index contributed by atoms with van der Waals surface area (Å²) < 4.78 is 21.6. The standard InChI is InChI=1S/C22H46N3O4P/c1-3-4-5-6-7-8-9-10-11-14-17-25-19-18-24(2)22(25)23-30(27,28)29-21-16-13-12-15-20-26/h26H,3-21H2,1-2H3,(H,27,28). The Bertz CT molecular complexity index is 505. The lowest BCUT2D eigenvalue weighted by molar-refractivity contribution is 0.247. The van der Waals surface area contributed by atoms with Crippen molar-refractivity contribution in [3.8, 4) is 0 Å². The van der Waals surface area contributed by atoms with Gasteiger partial charge in [0.2, 0.25) is 5.96 Å². The molecule has 0 spiro atoms. The molecule has 0 bridgehead atoms. The van der Waals surface area contributed by atoms with Gasteiger partial charge in [-0.15, -0.1) is 4.76 Å². The summed E-state index contributed by atoms with van der Waals surface area (Å²) in [4.78, 5) is 14.2. The zero-order valence-electron chi connectivity index (χ0n) is 19.4. The zero-order chi connectivity index (χ0) is 22.1. The summed E-state index contributed by atoms with van der Waals surface area (Å²) in [6, 6.07) is 0. The molecule has 1 aliphatic heterocycles. The van der Waals surface area contributed by atoms with Crippen LogP contribution in [0.3, 0.4) is 0 Å². The zero-order valence-corrected chi connectivity index (χ0v) is 20.3.